The molecule has 2 amide bonds. The van der Waals surface area contributed by atoms with Gasteiger partial charge in [-0.3, -0.25) is 4.68 Å². The lowest BCUT2D eigenvalue weighted by atomic mass is 10.0. The van der Waals surface area contributed by atoms with E-state index in [1.807, 2.05) is 34.4 Å². The summed E-state index contributed by atoms with van der Waals surface area (Å²) in [5.74, 6) is 0. The molecule has 1 aliphatic heterocycles. The van der Waals surface area contributed by atoms with Gasteiger partial charge in [0.25, 0.3) is 0 Å². The number of nitrogens with one attached hydrogen (secondary N) is 2. The molecule has 10 nitrogen and oxygen atoms in total. The van der Waals surface area contributed by atoms with Crippen LogP contribution in [0.4, 0.5) is 18.0 Å². The summed E-state index contributed by atoms with van der Waals surface area (Å²) >= 11 is 0. The van der Waals surface area contributed by atoms with Crippen molar-refractivity contribution in [2.75, 3.05) is 39.9 Å². The first-order chi connectivity index (χ1) is 18.8. The molecular weight excluding hydrogens is 513 g/mol. The number of nitrogens with zero attached hydrogens (tertiary/aromatic N) is 6. The van der Waals surface area contributed by atoms with Gasteiger partial charge in [-0.25, -0.2) is 14.3 Å². The number of hydrogen-bond donors (Lipinski definition) is 2. The Hall–Kier alpha value is -3.71. The fourth-order valence-electron chi connectivity index (χ4n) is 4.90. The standard InChI is InChI=1S/C26H31F3N8O2/c1-39-10-9-35-7-5-22(6-8-35)36-16-20(14-32-36)19-12-24-30-15-23(37(24)33-13-19)18-3-2-4-21(11-18)34-25(38)31-17-26(27,28)29/h2-3,11-16,21-22H,4-10,17H2,1H3,(H2,31,34,38). The summed E-state index contributed by atoms with van der Waals surface area (Å²) in [4.78, 5) is 18.8. The number of halogens is 3. The van der Waals surface area contributed by atoms with E-state index < -0.39 is 24.8 Å². The van der Waals surface area contributed by atoms with E-state index in [0.29, 0.717) is 23.8 Å². The summed E-state index contributed by atoms with van der Waals surface area (Å²) in [6, 6.07) is 0.968. The molecule has 3 aromatic heterocycles. The molecule has 0 spiro atoms. The van der Waals surface area contributed by atoms with Crippen molar-refractivity contribution < 1.29 is 22.7 Å². The number of rotatable bonds is 8. The third kappa shape index (κ3) is 6.66. The summed E-state index contributed by atoms with van der Waals surface area (Å²) < 4.78 is 46.0. The molecule has 0 saturated carbocycles. The van der Waals surface area contributed by atoms with Gasteiger partial charge in [0, 0.05) is 44.1 Å². The summed E-state index contributed by atoms with van der Waals surface area (Å²) in [7, 11) is 1.72. The van der Waals surface area contributed by atoms with Crippen molar-refractivity contribution in [1.29, 1.82) is 0 Å². The number of amides is 2. The average Bonchev–Trinajstić information content (AvgIpc) is 3.58. The summed E-state index contributed by atoms with van der Waals surface area (Å²) in [6.45, 7) is 2.35. The van der Waals surface area contributed by atoms with Gasteiger partial charge in [0.15, 0.2) is 5.65 Å². The maximum Gasteiger partial charge on any atom is 0.405 e. The molecule has 0 radical (unpaired) electrons. The van der Waals surface area contributed by atoms with Crippen molar-refractivity contribution >= 4 is 17.3 Å². The van der Waals surface area contributed by atoms with E-state index in [0.717, 1.165) is 55.8 Å². The Morgan fingerprint density at radius 3 is 2.72 bits per heavy atom. The number of hydrogen-bond acceptors (Lipinski definition) is 6. The Morgan fingerprint density at radius 1 is 1.15 bits per heavy atom. The van der Waals surface area contributed by atoms with E-state index in [1.165, 1.54) is 0 Å². The Balaban J connectivity index is 1.25. The van der Waals surface area contributed by atoms with Crippen LogP contribution in [0.25, 0.3) is 22.3 Å². The lowest BCUT2D eigenvalue weighted by Crippen LogP contribution is -2.44. The number of allylic oxidation sites excluding steroid dienone is 2. The third-order valence-electron chi connectivity index (χ3n) is 6.97. The number of carbonyl (C=O) groups excluding carboxylic acids is 1. The van der Waals surface area contributed by atoms with E-state index in [4.69, 9.17) is 4.74 Å². The number of likely N-dealkylation sites (tertiary alicyclic amines) is 1. The molecule has 2 N–H and O–H groups in total. The molecule has 2 aliphatic rings. The maximum absolute atomic E-state index is 12.4. The molecule has 13 heteroatoms. The Kier molecular flexibility index (Phi) is 7.98. The summed E-state index contributed by atoms with van der Waals surface area (Å²) in [5, 5.41) is 13.6. The highest BCUT2D eigenvalue weighted by atomic mass is 19.4. The van der Waals surface area contributed by atoms with Gasteiger partial charge in [-0.1, -0.05) is 18.2 Å². The smallest absolute Gasteiger partial charge is 0.383 e. The van der Waals surface area contributed by atoms with Crippen LogP contribution in [-0.2, 0) is 4.74 Å². The van der Waals surface area contributed by atoms with Crippen LogP contribution in [-0.4, -0.2) is 87.4 Å². The first kappa shape index (κ1) is 26.9. The Bertz CT molecular complexity index is 1350. The molecule has 1 aliphatic carbocycles. The molecular formula is C26H31F3N8O2. The highest BCUT2D eigenvalue weighted by Crippen LogP contribution is 2.27. The Morgan fingerprint density at radius 2 is 1.95 bits per heavy atom. The van der Waals surface area contributed by atoms with Crippen LogP contribution in [0.15, 0.2) is 49.1 Å². The van der Waals surface area contributed by atoms with Crippen LogP contribution >= 0.6 is 0 Å². The van der Waals surface area contributed by atoms with Gasteiger partial charge in [0.05, 0.1) is 43.0 Å². The molecule has 1 fully saturated rings. The van der Waals surface area contributed by atoms with Crippen molar-refractivity contribution in [1.82, 2.24) is 39.9 Å². The second-order valence-corrected chi connectivity index (χ2v) is 9.74. The molecule has 208 valence electrons. The van der Waals surface area contributed by atoms with Crippen molar-refractivity contribution in [3.05, 3.63) is 54.8 Å². The predicted molar refractivity (Wildman–Crippen MR) is 139 cm³/mol. The maximum atomic E-state index is 12.4. The van der Waals surface area contributed by atoms with Gasteiger partial charge in [0.2, 0.25) is 0 Å². The SMILES string of the molecule is COCCN1CCC(n2cc(-c3cnn4c(C5=CC(NC(=O)NCC(F)(F)F)CC=C5)cnc4c3)cn2)CC1. The number of methoxy groups -OCH3 is 1. The second-order valence-electron chi connectivity index (χ2n) is 9.74. The number of alkyl halides is 3. The summed E-state index contributed by atoms with van der Waals surface area (Å²) in [6.07, 6.45) is 11.0. The molecule has 1 atom stereocenters. The monoisotopic (exact) mass is 544 g/mol. The van der Waals surface area contributed by atoms with Gasteiger partial charge >= 0.3 is 12.2 Å². The van der Waals surface area contributed by atoms with E-state index >= 15 is 0 Å². The van der Waals surface area contributed by atoms with Crippen molar-refractivity contribution in [3.8, 4) is 11.1 Å². The summed E-state index contributed by atoms with van der Waals surface area (Å²) in [5.41, 5.74) is 3.99. The normalized spacial score (nSPS) is 18.9. The number of piperidine rings is 1. The van der Waals surface area contributed by atoms with Crippen LogP contribution < -0.4 is 10.6 Å². The first-order valence-electron chi connectivity index (χ1n) is 12.9. The average molecular weight is 545 g/mol. The molecule has 3 aromatic rings. The minimum atomic E-state index is -4.47. The van der Waals surface area contributed by atoms with Crippen molar-refractivity contribution in [3.63, 3.8) is 0 Å². The third-order valence-corrected chi connectivity index (χ3v) is 6.97. The quantitative estimate of drug-likeness (QED) is 0.451. The molecule has 5 rings (SSSR count). The van der Waals surface area contributed by atoms with Gasteiger partial charge in [-0.05, 0) is 30.9 Å². The number of fused-ring (bicyclic) bond motifs is 1. The van der Waals surface area contributed by atoms with Gasteiger partial charge in [-0.15, -0.1) is 0 Å². The lowest BCUT2D eigenvalue weighted by molar-refractivity contribution is -0.122. The topological polar surface area (TPSA) is 102 Å². The predicted octanol–water partition coefficient (Wildman–Crippen LogP) is 3.45. The minimum Gasteiger partial charge on any atom is -0.383 e. The fourth-order valence-corrected chi connectivity index (χ4v) is 4.90. The molecule has 0 aromatic carbocycles. The number of carbonyl (C=O) groups is 1. The van der Waals surface area contributed by atoms with E-state index in [1.54, 1.807) is 30.1 Å². The van der Waals surface area contributed by atoms with Gasteiger partial charge in [0.1, 0.15) is 6.54 Å². The fraction of sp³-hybridized carbons (Fsp3) is 0.462. The zero-order valence-electron chi connectivity index (χ0n) is 21.6. The molecule has 4 heterocycles. The van der Waals surface area contributed by atoms with Crippen LogP contribution in [0.1, 0.15) is 31.0 Å². The Labute approximate surface area is 223 Å². The van der Waals surface area contributed by atoms with Crippen LogP contribution in [0.3, 0.4) is 0 Å². The van der Waals surface area contributed by atoms with Crippen LogP contribution in [0.2, 0.25) is 0 Å². The molecule has 1 unspecified atom stereocenters. The van der Waals surface area contributed by atoms with E-state index in [-0.39, 0.29) is 0 Å². The van der Waals surface area contributed by atoms with E-state index in [9.17, 15) is 18.0 Å². The number of imidazole rings is 1. The number of aromatic nitrogens is 5. The van der Waals surface area contributed by atoms with Crippen molar-refractivity contribution in [2.24, 2.45) is 0 Å². The van der Waals surface area contributed by atoms with Gasteiger partial charge < -0.3 is 20.3 Å². The molecule has 1 saturated heterocycles. The highest BCUT2D eigenvalue weighted by molar-refractivity contribution is 5.78. The highest BCUT2D eigenvalue weighted by Gasteiger charge is 2.28. The van der Waals surface area contributed by atoms with Crippen molar-refractivity contribution in [2.45, 2.75) is 37.5 Å². The lowest BCUT2D eigenvalue weighted by Gasteiger charge is -2.31. The van der Waals surface area contributed by atoms with E-state index in [2.05, 4.69) is 31.6 Å². The largest absolute Gasteiger partial charge is 0.405 e. The zero-order chi connectivity index (χ0) is 27.4. The first-order valence-corrected chi connectivity index (χ1v) is 12.9. The number of urea groups is 1. The van der Waals surface area contributed by atoms with Crippen LogP contribution in [0, 0.1) is 0 Å². The minimum absolute atomic E-state index is 0.356. The van der Waals surface area contributed by atoms with Gasteiger partial charge in [-0.2, -0.15) is 23.4 Å². The van der Waals surface area contributed by atoms with Crippen LogP contribution in [0.5, 0.6) is 0 Å². The number of ether oxygens (including phenoxy) is 1. The molecule has 39 heavy (non-hydrogen) atoms. The second kappa shape index (κ2) is 11.6. The zero-order valence-corrected chi connectivity index (χ0v) is 21.6. The molecule has 0 bridgehead atoms.